The predicted molar refractivity (Wildman–Crippen MR) is 74.7 cm³/mol. The second kappa shape index (κ2) is 5.36. The average molecular weight is 253 g/mol. The molecule has 2 rings (SSSR count). The Morgan fingerprint density at radius 2 is 2.29 bits per heavy atom. The second-order valence-corrected chi connectivity index (χ2v) is 6.34. The van der Waals surface area contributed by atoms with Crippen LogP contribution in [0.25, 0.3) is 0 Å². The van der Waals surface area contributed by atoms with Crippen LogP contribution in [0, 0.1) is 5.92 Å². The lowest BCUT2D eigenvalue weighted by molar-refractivity contribution is 0.582. The fraction of sp³-hybridized carbons (Fsp3) is 0.769. The van der Waals surface area contributed by atoms with Crippen LogP contribution in [-0.4, -0.2) is 23.6 Å². The number of hydrogen-bond acceptors (Lipinski definition) is 4. The second-order valence-electron chi connectivity index (χ2n) is 5.50. The van der Waals surface area contributed by atoms with Crippen molar-refractivity contribution in [2.75, 3.05) is 11.4 Å². The van der Waals surface area contributed by atoms with E-state index >= 15 is 0 Å². The van der Waals surface area contributed by atoms with Crippen LogP contribution in [0.5, 0.6) is 0 Å². The third-order valence-electron chi connectivity index (χ3n) is 3.26. The third-order valence-corrected chi connectivity index (χ3v) is 4.19. The molecule has 0 aliphatic carbocycles. The highest BCUT2D eigenvalue weighted by molar-refractivity contribution is 7.13. The van der Waals surface area contributed by atoms with Crippen molar-refractivity contribution in [1.29, 1.82) is 0 Å². The highest BCUT2D eigenvalue weighted by atomic mass is 32.1. The molecule has 0 aromatic carbocycles. The summed E-state index contributed by atoms with van der Waals surface area (Å²) in [6.07, 6.45) is 1.29. The van der Waals surface area contributed by atoms with Crippen molar-refractivity contribution >= 4 is 16.5 Å². The van der Waals surface area contributed by atoms with Crippen LogP contribution in [0.15, 0.2) is 5.38 Å². The van der Waals surface area contributed by atoms with Gasteiger partial charge in [0.25, 0.3) is 0 Å². The van der Waals surface area contributed by atoms with Crippen LogP contribution in [0.4, 0.5) is 5.13 Å². The van der Waals surface area contributed by atoms with Crippen LogP contribution >= 0.6 is 11.3 Å². The van der Waals surface area contributed by atoms with Gasteiger partial charge in [-0.1, -0.05) is 20.8 Å². The molecule has 1 saturated heterocycles. The molecule has 96 valence electrons. The van der Waals surface area contributed by atoms with Gasteiger partial charge < -0.3 is 10.2 Å². The summed E-state index contributed by atoms with van der Waals surface area (Å²) >= 11 is 1.78. The molecule has 3 nitrogen and oxygen atoms in total. The highest BCUT2D eigenvalue weighted by Gasteiger charge is 2.27. The first-order valence-corrected chi connectivity index (χ1v) is 7.38. The molecule has 0 radical (unpaired) electrons. The van der Waals surface area contributed by atoms with Gasteiger partial charge in [-0.05, 0) is 19.3 Å². The van der Waals surface area contributed by atoms with E-state index in [0.717, 1.165) is 19.0 Å². The van der Waals surface area contributed by atoms with Crippen molar-refractivity contribution in [1.82, 2.24) is 10.3 Å². The Hall–Kier alpha value is -0.610. The van der Waals surface area contributed by atoms with Gasteiger partial charge in [0, 0.05) is 30.6 Å². The number of thiazole rings is 1. The highest BCUT2D eigenvalue weighted by Crippen LogP contribution is 2.30. The van der Waals surface area contributed by atoms with Gasteiger partial charge in [-0.15, -0.1) is 11.3 Å². The molecule has 1 aliphatic rings. The van der Waals surface area contributed by atoms with Gasteiger partial charge in [0.15, 0.2) is 5.13 Å². The first kappa shape index (κ1) is 12.8. The third kappa shape index (κ3) is 3.19. The van der Waals surface area contributed by atoms with E-state index in [-0.39, 0.29) is 0 Å². The molecular formula is C13H23N3S. The first-order chi connectivity index (χ1) is 8.06. The van der Waals surface area contributed by atoms with Gasteiger partial charge in [0.05, 0.1) is 5.69 Å². The number of rotatable bonds is 4. The van der Waals surface area contributed by atoms with E-state index in [4.69, 9.17) is 4.98 Å². The number of aromatic nitrogens is 1. The lowest BCUT2D eigenvalue weighted by atomic mass is 10.1. The van der Waals surface area contributed by atoms with Crippen LogP contribution in [0.3, 0.4) is 0 Å². The van der Waals surface area contributed by atoms with E-state index < -0.39 is 0 Å². The minimum Gasteiger partial charge on any atom is -0.345 e. The largest absolute Gasteiger partial charge is 0.345 e. The molecule has 1 aliphatic heterocycles. The van der Waals surface area contributed by atoms with Gasteiger partial charge in [-0.2, -0.15) is 0 Å². The molecule has 17 heavy (non-hydrogen) atoms. The monoisotopic (exact) mass is 253 g/mol. The summed E-state index contributed by atoms with van der Waals surface area (Å²) in [4.78, 5) is 7.18. The molecule has 0 amide bonds. The van der Waals surface area contributed by atoms with E-state index in [2.05, 4.69) is 43.3 Å². The van der Waals surface area contributed by atoms with Crippen molar-refractivity contribution < 1.29 is 0 Å². The Morgan fingerprint density at radius 1 is 1.53 bits per heavy atom. The number of anilines is 1. The summed E-state index contributed by atoms with van der Waals surface area (Å²) in [6, 6.07) is 1.16. The molecule has 2 unspecified atom stereocenters. The fourth-order valence-corrected chi connectivity index (χ4v) is 3.32. The molecule has 0 bridgehead atoms. The molecule has 0 spiro atoms. The van der Waals surface area contributed by atoms with Crippen molar-refractivity contribution in [3.8, 4) is 0 Å². The minimum absolute atomic E-state index is 0.519. The van der Waals surface area contributed by atoms with Gasteiger partial charge >= 0.3 is 0 Å². The average Bonchev–Trinajstić information content (AvgIpc) is 2.82. The van der Waals surface area contributed by atoms with Crippen LogP contribution in [0.2, 0.25) is 0 Å². The number of nitrogens with zero attached hydrogens (tertiary/aromatic N) is 2. The quantitative estimate of drug-likeness (QED) is 0.894. The Labute approximate surface area is 108 Å². The maximum atomic E-state index is 4.73. The zero-order chi connectivity index (χ0) is 12.4. The molecule has 1 fully saturated rings. The Bertz CT molecular complexity index is 361. The van der Waals surface area contributed by atoms with Crippen molar-refractivity contribution in [2.24, 2.45) is 5.92 Å². The molecule has 0 saturated carbocycles. The SMILES string of the molecule is CC1CC(C)N(c2nc(CNC(C)C)cs2)C1. The molecule has 2 heterocycles. The van der Waals surface area contributed by atoms with Gasteiger partial charge in [0.2, 0.25) is 0 Å². The fourth-order valence-electron chi connectivity index (χ4n) is 2.38. The molecule has 1 aromatic rings. The topological polar surface area (TPSA) is 28.2 Å². The van der Waals surface area contributed by atoms with E-state index in [9.17, 15) is 0 Å². The summed E-state index contributed by atoms with van der Waals surface area (Å²) in [5.74, 6) is 0.797. The van der Waals surface area contributed by atoms with E-state index in [0.29, 0.717) is 12.1 Å². The lowest BCUT2D eigenvalue weighted by Gasteiger charge is -2.20. The zero-order valence-electron chi connectivity index (χ0n) is 11.2. The molecule has 2 atom stereocenters. The Kier molecular flexibility index (Phi) is 4.05. The van der Waals surface area contributed by atoms with Crippen LogP contribution < -0.4 is 10.2 Å². The summed E-state index contributed by atoms with van der Waals surface area (Å²) < 4.78 is 0. The summed E-state index contributed by atoms with van der Waals surface area (Å²) in [6.45, 7) is 11.0. The maximum Gasteiger partial charge on any atom is 0.185 e. The normalized spacial score (nSPS) is 24.9. The minimum atomic E-state index is 0.519. The molecule has 4 heteroatoms. The first-order valence-electron chi connectivity index (χ1n) is 6.50. The van der Waals surface area contributed by atoms with Gasteiger partial charge in [-0.25, -0.2) is 4.98 Å². The van der Waals surface area contributed by atoms with Gasteiger partial charge in [-0.3, -0.25) is 0 Å². The molecule has 1 N–H and O–H groups in total. The molecular weight excluding hydrogens is 230 g/mol. The predicted octanol–water partition coefficient (Wildman–Crippen LogP) is 2.88. The van der Waals surface area contributed by atoms with Crippen LogP contribution in [0.1, 0.15) is 39.8 Å². The summed E-state index contributed by atoms with van der Waals surface area (Å²) in [5.41, 5.74) is 1.17. The zero-order valence-corrected chi connectivity index (χ0v) is 12.0. The van der Waals surface area contributed by atoms with Gasteiger partial charge in [0.1, 0.15) is 0 Å². The van der Waals surface area contributed by atoms with E-state index in [1.165, 1.54) is 17.2 Å². The Balaban J connectivity index is 1.98. The van der Waals surface area contributed by atoms with Crippen molar-refractivity contribution in [3.05, 3.63) is 11.1 Å². The van der Waals surface area contributed by atoms with E-state index in [1.807, 2.05) is 0 Å². The summed E-state index contributed by atoms with van der Waals surface area (Å²) in [5, 5.41) is 6.79. The van der Waals surface area contributed by atoms with Crippen molar-refractivity contribution in [2.45, 2.75) is 52.7 Å². The molecule has 1 aromatic heterocycles. The van der Waals surface area contributed by atoms with E-state index in [1.54, 1.807) is 11.3 Å². The lowest BCUT2D eigenvalue weighted by Crippen LogP contribution is -2.26. The number of nitrogens with one attached hydrogen (secondary N) is 1. The van der Waals surface area contributed by atoms with Crippen LogP contribution in [-0.2, 0) is 6.54 Å². The maximum absolute atomic E-state index is 4.73. The van der Waals surface area contributed by atoms with Crippen molar-refractivity contribution in [3.63, 3.8) is 0 Å². The summed E-state index contributed by atoms with van der Waals surface area (Å²) in [7, 11) is 0. The standard InChI is InChI=1S/C13H23N3S/c1-9(2)14-6-12-8-17-13(15-12)16-7-10(3)5-11(16)4/h8-11,14H,5-7H2,1-4H3. The Morgan fingerprint density at radius 3 is 2.88 bits per heavy atom. The smallest absolute Gasteiger partial charge is 0.185 e. The number of hydrogen-bond donors (Lipinski definition) is 1.